The SMILES string of the molecule is O=S(=O)(c1ccccc1S)N1CCNC(CC2CCOCC2)C1. The van der Waals surface area contributed by atoms with Gasteiger partial charge in [0.25, 0.3) is 0 Å². The van der Waals surface area contributed by atoms with E-state index in [1.54, 1.807) is 28.6 Å². The van der Waals surface area contributed by atoms with Gasteiger partial charge in [-0.25, -0.2) is 8.42 Å². The maximum Gasteiger partial charge on any atom is 0.244 e. The zero-order chi connectivity index (χ0) is 16.3. The Balaban J connectivity index is 1.69. The summed E-state index contributed by atoms with van der Waals surface area (Å²) in [5, 5.41) is 3.47. The second-order valence-electron chi connectivity index (χ2n) is 6.27. The van der Waals surface area contributed by atoms with Crippen molar-refractivity contribution in [1.82, 2.24) is 9.62 Å². The van der Waals surface area contributed by atoms with Crippen molar-refractivity contribution in [3.63, 3.8) is 0 Å². The molecule has 2 saturated heterocycles. The molecule has 0 amide bonds. The monoisotopic (exact) mass is 356 g/mol. The molecule has 2 aliphatic heterocycles. The molecule has 1 N–H and O–H groups in total. The van der Waals surface area contributed by atoms with E-state index in [-0.39, 0.29) is 6.04 Å². The number of benzene rings is 1. The molecule has 5 nitrogen and oxygen atoms in total. The number of ether oxygens (including phenoxy) is 1. The number of hydrogen-bond donors (Lipinski definition) is 2. The van der Waals surface area contributed by atoms with Crippen LogP contribution in [0.2, 0.25) is 0 Å². The Bertz CT molecular complexity index is 630. The summed E-state index contributed by atoms with van der Waals surface area (Å²) in [6.45, 7) is 3.39. The van der Waals surface area contributed by atoms with Crippen LogP contribution in [0.15, 0.2) is 34.1 Å². The third-order valence-corrected chi connectivity index (χ3v) is 7.12. The molecular formula is C16H24N2O3S2. The molecule has 0 bridgehead atoms. The summed E-state index contributed by atoms with van der Waals surface area (Å²) in [6, 6.07) is 7.11. The van der Waals surface area contributed by atoms with E-state index in [0.29, 0.717) is 35.3 Å². The standard InChI is InChI=1S/C16H24N2O3S2/c19-23(20,16-4-2-1-3-15(16)22)18-8-7-17-14(12-18)11-13-5-9-21-10-6-13/h1-4,13-14,17,22H,5-12H2. The maximum absolute atomic E-state index is 12.9. The molecular weight excluding hydrogens is 332 g/mol. The third kappa shape index (κ3) is 4.09. The lowest BCUT2D eigenvalue weighted by Crippen LogP contribution is -2.53. The van der Waals surface area contributed by atoms with Gasteiger partial charge in [0.2, 0.25) is 10.0 Å². The highest BCUT2D eigenvalue weighted by Gasteiger charge is 2.32. The number of rotatable bonds is 4. The van der Waals surface area contributed by atoms with Gasteiger partial charge in [0.1, 0.15) is 0 Å². The fraction of sp³-hybridized carbons (Fsp3) is 0.625. The predicted molar refractivity (Wildman–Crippen MR) is 92.4 cm³/mol. The highest BCUT2D eigenvalue weighted by Crippen LogP contribution is 2.26. The van der Waals surface area contributed by atoms with Gasteiger partial charge in [0.15, 0.2) is 0 Å². The molecule has 0 aromatic heterocycles. The van der Waals surface area contributed by atoms with Gasteiger partial charge < -0.3 is 10.1 Å². The summed E-state index contributed by atoms with van der Waals surface area (Å²) >= 11 is 4.30. The molecule has 23 heavy (non-hydrogen) atoms. The van der Waals surface area contributed by atoms with Crippen molar-refractivity contribution in [3.8, 4) is 0 Å². The second kappa shape index (κ2) is 7.53. The Labute approximate surface area is 143 Å². The average molecular weight is 357 g/mol. The number of thiol groups is 1. The van der Waals surface area contributed by atoms with Crippen LogP contribution in [0.3, 0.4) is 0 Å². The van der Waals surface area contributed by atoms with Crippen LogP contribution in [0, 0.1) is 5.92 Å². The molecule has 1 atom stereocenters. The van der Waals surface area contributed by atoms with Crippen molar-refractivity contribution in [3.05, 3.63) is 24.3 Å². The van der Waals surface area contributed by atoms with Crippen LogP contribution in [0.1, 0.15) is 19.3 Å². The van der Waals surface area contributed by atoms with Gasteiger partial charge in [-0.1, -0.05) is 12.1 Å². The van der Waals surface area contributed by atoms with E-state index in [1.807, 2.05) is 0 Å². The van der Waals surface area contributed by atoms with E-state index in [4.69, 9.17) is 4.74 Å². The van der Waals surface area contributed by atoms with Crippen LogP contribution in [0.25, 0.3) is 0 Å². The van der Waals surface area contributed by atoms with Gasteiger partial charge in [-0.15, -0.1) is 12.6 Å². The first-order valence-electron chi connectivity index (χ1n) is 8.16. The fourth-order valence-corrected chi connectivity index (χ4v) is 5.45. The molecule has 0 aliphatic carbocycles. The minimum absolute atomic E-state index is 0.216. The van der Waals surface area contributed by atoms with Gasteiger partial charge >= 0.3 is 0 Å². The van der Waals surface area contributed by atoms with Gasteiger partial charge in [0, 0.05) is 43.8 Å². The van der Waals surface area contributed by atoms with Crippen LogP contribution in [0.5, 0.6) is 0 Å². The van der Waals surface area contributed by atoms with E-state index in [0.717, 1.165) is 32.5 Å². The minimum atomic E-state index is -3.47. The topological polar surface area (TPSA) is 58.6 Å². The summed E-state index contributed by atoms with van der Waals surface area (Å²) in [5.41, 5.74) is 0. The third-order valence-electron chi connectivity index (χ3n) is 4.66. The zero-order valence-corrected chi connectivity index (χ0v) is 14.9. The summed E-state index contributed by atoms with van der Waals surface area (Å²) in [6.07, 6.45) is 3.16. The Morgan fingerprint density at radius 2 is 2.00 bits per heavy atom. The van der Waals surface area contributed by atoms with Crippen molar-refractivity contribution < 1.29 is 13.2 Å². The van der Waals surface area contributed by atoms with Crippen molar-refractivity contribution in [2.75, 3.05) is 32.8 Å². The smallest absolute Gasteiger partial charge is 0.244 e. The molecule has 1 aromatic rings. The van der Waals surface area contributed by atoms with E-state index < -0.39 is 10.0 Å². The molecule has 7 heteroatoms. The first-order valence-corrected chi connectivity index (χ1v) is 10.1. The number of nitrogens with zero attached hydrogens (tertiary/aromatic N) is 1. The fourth-order valence-electron chi connectivity index (χ4n) is 3.37. The van der Waals surface area contributed by atoms with Crippen molar-refractivity contribution in [1.29, 1.82) is 0 Å². The van der Waals surface area contributed by atoms with Crippen molar-refractivity contribution in [2.45, 2.75) is 35.1 Å². The lowest BCUT2D eigenvalue weighted by molar-refractivity contribution is 0.0586. The van der Waals surface area contributed by atoms with E-state index in [9.17, 15) is 8.42 Å². The Kier molecular flexibility index (Phi) is 5.64. The Morgan fingerprint density at radius 3 is 2.74 bits per heavy atom. The number of hydrogen-bond acceptors (Lipinski definition) is 5. The minimum Gasteiger partial charge on any atom is -0.381 e. The average Bonchev–Trinajstić information content (AvgIpc) is 2.56. The lowest BCUT2D eigenvalue weighted by Gasteiger charge is -2.35. The normalized spacial score (nSPS) is 24.7. The highest BCUT2D eigenvalue weighted by atomic mass is 32.2. The largest absolute Gasteiger partial charge is 0.381 e. The molecule has 3 rings (SSSR count). The van der Waals surface area contributed by atoms with E-state index >= 15 is 0 Å². The highest BCUT2D eigenvalue weighted by molar-refractivity contribution is 7.90. The molecule has 2 aliphatic rings. The lowest BCUT2D eigenvalue weighted by atomic mass is 9.92. The maximum atomic E-state index is 12.9. The molecule has 0 spiro atoms. The molecule has 1 aromatic carbocycles. The molecule has 1 unspecified atom stereocenters. The van der Waals surface area contributed by atoms with Crippen molar-refractivity contribution >= 4 is 22.7 Å². The first-order chi connectivity index (χ1) is 11.1. The molecule has 2 heterocycles. The molecule has 0 saturated carbocycles. The molecule has 2 fully saturated rings. The second-order valence-corrected chi connectivity index (χ2v) is 8.66. The van der Waals surface area contributed by atoms with Crippen LogP contribution in [-0.2, 0) is 14.8 Å². The summed E-state index contributed by atoms with van der Waals surface area (Å²) in [7, 11) is -3.47. The van der Waals surface area contributed by atoms with Gasteiger partial charge in [0.05, 0.1) is 4.90 Å². The Morgan fingerprint density at radius 1 is 1.26 bits per heavy atom. The zero-order valence-electron chi connectivity index (χ0n) is 13.1. The predicted octanol–water partition coefficient (Wildman–Crippen LogP) is 1.75. The van der Waals surface area contributed by atoms with E-state index in [1.165, 1.54) is 0 Å². The van der Waals surface area contributed by atoms with Gasteiger partial charge in [-0.05, 0) is 37.3 Å². The van der Waals surface area contributed by atoms with Crippen molar-refractivity contribution in [2.24, 2.45) is 5.92 Å². The van der Waals surface area contributed by atoms with Gasteiger partial charge in [-0.3, -0.25) is 0 Å². The Hall–Kier alpha value is -0.600. The van der Waals surface area contributed by atoms with Gasteiger partial charge in [-0.2, -0.15) is 4.31 Å². The van der Waals surface area contributed by atoms with Crippen LogP contribution < -0.4 is 5.32 Å². The quantitative estimate of drug-likeness (QED) is 0.807. The number of sulfonamides is 1. The first kappa shape index (κ1) is 17.2. The molecule has 128 valence electrons. The van der Waals surface area contributed by atoms with Crippen LogP contribution in [0.4, 0.5) is 0 Å². The number of piperazine rings is 1. The van der Waals surface area contributed by atoms with Crippen LogP contribution >= 0.6 is 12.6 Å². The van der Waals surface area contributed by atoms with Crippen LogP contribution in [-0.4, -0.2) is 51.6 Å². The molecule has 0 radical (unpaired) electrons. The number of nitrogens with one attached hydrogen (secondary N) is 1. The van der Waals surface area contributed by atoms with E-state index in [2.05, 4.69) is 17.9 Å². The summed E-state index contributed by atoms with van der Waals surface area (Å²) < 4.78 is 32.7. The summed E-state index contributed by atoms with van der Waals surface area (Å²) in [5.74, 6) is 0.626. The summed E-state index contributed by atoms with van der Waals surface area (Å²) in [4.78, 5) is 0.807.